The molecular formula is C19H22N6O. The van der Waals surface area contributed by atoms with E-state index in [-0.39, 0.29) is 11.9 Å². The number of likely N-dealkylation sites (tertiary alicyclic amines) is 1. The zero-order chi connectivity index (χ0) is 17.8. The first-order valence-corrected chi connectivity index (χ1v) is 9.07. The summed E-state index contributed by atoms with van der Waals surface area (Å²) >= 11 is 0. The van der Waals surface area contributed by atoms with Crippen molar-refractivity contribution in [1.82, 2.24) is 29.7 Å². The third kappa shape index (κ3) is 3.51. The minimum Gasteiger partial charge on any atom is -0.334 e. The van der Waals surface area contributed by atoms with E-state index in [2.05, 4.69) is 15.4 Å². The summed E-state index contributed by atoms with van der Waals surface area (Å²) in [7, 11) is 0. The summed E-state index contributed by atoms with van der Waals surface area (Å²) in [5.41, 5.74) is 1.30. The van der Waals surface area contributed by atoms with Crippen LogP contribution in [-0.2, 0) is 6.54 Å². The van der Waals surface area contributed by atoms with Crippen LogP contribution in [0.4, 0.5) is 0 Å². The molecule has 0 unspecified atom stereocenters. The molecule has 1 atom stereocenters. The Morgan fingerprint density at radius 3 is 2.85 bits per heavy atom. The Kier molecular flexibility index (Phi) is 4.77. The Morgan fingerprint density at radius 2 is 2.04 bits per heavy atom. The van der Waals surface area contributed by atoms with Gasteiger partial charge in [0, 0.05) is 31.5 Å². The van der Waals surface area contributed by atoms with Gasteiger partial charge in [-0.25, -0.2) is 4.68 Å². The minimum absolute atomic E-state index is 0.0302. The molecule has 1 fully saturated rings. The molecule has 0 N–H and O–H groups in total. The van der Waals surface area contributed by atoms with Gasteiger partial charge in [0.2, 0.25) is 0 Å². The zero-order valence-electron chi connectivity index (χ0n) is 14.6. The van der Waals surface area contributed by atoms with Crippen molar-refractivity contribution in [3.05, 3.63) is 60.7 Å². The topological polar surface area (TPSA) is 68.8 Å². The standard InChI is InChI=1S/C19H22N6O/c26-19(18-15-25(22-21-18)17-8-2-1-3-9-17)24-13-5-4-7-16(24)10-14-23-12-6-11-20-23/h1-3,6,8-9,11-12,15-16H,4-5,7,10,13-14H2/t16-/m1/s1. The van der Waals surface area contributed by atoms with Crippen LogP contribution >= 0.6 is 0 Å². The van der Waals surface area contributed by atoms with E-state index in [1.807, 2.05) is 52.2 Å². The number of aromatic nitrogens is 5. The monoisotopic (exact) mass is 350 g/mol. The number of rotatable bonds is 5. The number of nitrogens with zero attached hydrogens (tertiary/aromatic N) is 6. The molecule has 0 spiro atoms. The second-order valence-corrected chi connectivity index (χ2v) is 6.59. The number of piperidine rings is 1. The summed E-state index contributed by atoms with van der Waals surface area (Å²) in [6.07, 6.45) is 9.59. The molecule has 7 nitrogen and oxygen atoms in total. The second kappa shape index (κ2) is 7.51. The molecule has 0 aliphatic carbocycles. The molecule has 134 valence electrons. The zero-order valence-corrected chi connectivity index (χ0v) is 14.6. The highest BCUT2D eigenvalue weighted by Crippen LogP contribution is 2.22. The maximum absolute atomic E-state index is 13.0. The largest absolute Gasteiger partial charge is 0.334 e. The third-order valence-corrected chi connectivity index (χ3v) is 4.87. The van der Waals surface area contributed by atoms with Crippen LogP contribution in [0.1, 0.15) is 36.2 Å². The number of hydrogen-bond acceptors (Lipinski definition) is 4. The molecule has 1 saturated heterocycles. The summed E-state index contributed by atoms with van der Waals surface area (Å²) in [5.74, 6) is -0.0302. The van der Waals surface area contributed by atoms with E-state index in [0.29, 0.717) is 5.69 Å². The number of carbonyl (C=O) groups is 1. The molecule has 1 aromatic carbocycles. The third-order valence-electron chi connectivity index (χ3n) is 4.87. The van der Waals surface area contributed by atoms with E-state index in [4.69, 9.17) is 0 Å². The number of hydrogen-bond donors (Lipinski definition) is 0. The highest BCUT2D eigenvalue weighted by atomic mass is 16.2. The second-order valence-electron chi connectivity index (χ2n) is 6.59. The number of benzene rings is 1. The van der Waals surface area contributed by atoms with E-state index in [9.17, 15) is 4.79 Å². The highest BCUT2D eigenvalue weighted by molar-refractivity contribution is 5.92. The van der Waals surface area contributed by atoms with Crippen molar-refractivity contribution in [3.63, 3.8) is 0 Å². The first-order valence-electron chi connectivity index (χ1n) is 9.07. The van der Waals surface area contributed by atoms with E-state index < -0.39 is 0 Å². The van der Waals surface area contributed by atoms with E-state index in [0.717, 1.165) is 44.5 Å². The molecule has 3 heterocycles. The van der Waals surface area contributed by atoms with Crippen molar-refractivity contribution in [2.75, 3.05) is 6.54 Å². The van der Waals surface area contributed by atoms with Crippen molar-refractivity contribution in [2.45, 2.75) is 38.3 Å². The molecule has 2 aromatic heterocycles. The molecule has 0 radical (unpaired) electrons. The van der Waals surface area contributed by atoms with Crippen LogP contribution in [0.2, 0.25) is 0 Å². The van der Waals surface area contributed by atoms with Gasteiger partial charge in [0.05, 0.1) is 11.9 Å². The lowest BCUT2D eigenvalue weighted by molar-refractivity contribution is 0.0588. The van der Waals surface area contributed by atoms with E-state index in [1.165, 1.54) is 0 Å². The fraction of sp³-hybridized carbons (Fsp3) is 0.368. The summed E-state index contributed by atoms with van der Waals surface area (Å²) < 4.78 is 3.57. The Balaban J connectivity index is 1.47. The van der Waals surface area contributed by atoms with Crippen LogP contribution in [0.15, 0.2) is 55.0 Å². The average molecular weight is 350 g/mol. The molecule has 0 saturated carbocycles. The normalized spacial score (nSPS) is 17.4. The summed E-state index contributed by atoms with van der Waals surface area (Å²) in [6.45, 7) is 1.60. The fourth-order valence-electron chi connectivity index (χ4n) is 3.50. The number of amides is 1. The van der Waals surface area contributed by atoms with Crippen LogP contribution in [0.25, 0.3) is 5.69 Å². The van der Waals surface area contributed by atoms with Crippen LogP contribution in [0.3, 0.4) is 0 Å². The Morgan fingerprint density at radius 1 is 1.15 bits per heavy atom. The lowest BCUT2D eigenvalue weighted by Gasteiger charge is -2.35. The number of para-hydroxylation sites is 1. The van der Waals surface area contributed by atoms with E-state index in [1.54, 1.807) is 17.1 Å². The predicted molar refractivity (Wildman–Crippen MR) is 96.9 cm³/mol. The van der Waals surface area contributed by atoms with Crippen LogP contribution in [0, 0.1) is 0 Å². The predicted octanol–water partition coefficient (Wildman–Crippen LogP) is 2.55. The number of carbonyl (C=O) groups excluding carboxylic acids is 1. The van der Waals surface area contributed by atoms with E-state index >= 15 is 0 Å². The summed E-state index contributed by atoms with van der Waals surface area (Å²) in [5, 5.41) is 12.5. The molecule has 0 bridgehead atoms. The average Bonchev–Trinajstić information content (AvgIpc) is 3.39. The van der Waals surface area contributed by atoms with Gasteiger partial charge in [-0.1, -0.05) is 23.4 Å². The maximum atomic E-state index is 13.0. The van der Waals surface area contributed by atoms with Gasteiger partial charge in [0.1, 0.15) is 0 Å². The molecule has 1 aliphatic heterocycles. The Bertz CT molecular complexity index is 842. The van der Waals surface area contributed by atoms with Gasteiger partial charge in [0.15, 0.2) is 5.69 Å². The van der Waals surface area contributed by atoms with Crippen LogP contribution in [-0.4, -0.2) is 48.2 Å². The molecule has 4 rings (SSSR count). The molecule has 1 aliphatic rings. The molecule has 3 aromatic rings. The first kappa shape index (κ1) is 16.5. The van der Waals surface area contributed by atoms with Gasteiger partial charge >= 0.3 is 0 Å². The molecular weight excluding hydrogens is 328 g/mol. The fourth-order valence-corrected chi connectivity index (χ4v) is 3.50. The van der Waals surface area contributed by atoms with Gasteiger partial charge in [-0.3, -0.25) is 9.48 Å². The molecule has 26 heavy (non-hydrogen) atoms. The lowest BCUT2D eigenvalue weighted by atomic mass is 9.99. The Hall–Kier alpha value is -2.96. The van der Waals surface area contributed by atoms with Crippen LogP contribution in [0.5, 0.6) is 0 Å². The van der Waals surface area contributed by atoms with Gasteiger partial charge in [0.25, 0.3) is 5.91 Å². The van der Waals surface area contributed by atoms with Gasteiger partial charge < -0.3 is 4.90 Å². The molecule has 1 amide bonds. The highest BCUT2D eigenvalue weighted by Gasteiger charge is 2.29. The smallest absolute Gasteiger partial charge is 0.276 e. The molecule has 7 heteroatoms. The van der Waals surface area contributed by atoms with Crippen LogP contribution < -0.4 is 0 Å². The van der Waals surface area contributed by atoms with Crippen molar-refractivity contribution in [3.8, 4) is 5.69 Å². The van der Waals surface area contributed by atoms with Crippen molar-refractivity contribution in [1.29, 1.82) is 0 Å². The minimum atomic E-state index is -0.0302. The summed E-state index contributed by atoms with van der Waals surface area (Å²) in [6, 6.07) is 11.9. The lowest BCUT2D eigenvalue weighted by Crippen LogP contribution is -2.44. The quantitative estimate of drug-likeness (QED) is 0.709. The number of aryl methyl sites for hydroxylation is 1. The summed E-state index contributed by atoms with van der Waals surface area (Å²) in [4.78, 5) is 15.0. The SMILES string of the molecule is O=C(c1cn(-c2ccccc2)nn1)N1CCCC[C@@H]1CCn1cccn1. The van der Waals surface area contributed by atoms with Crippen molar-refractivity contribution in [2.24, 2.45) is 0 Å². The first-order chi connectivity index (χ1) is 12.8. The Labute approximate surface area is 152 Å². The van der Waals surface area contributed by atoms with Gasteiger partial charge in [-0.05, 0) is 43.9 Å². The maximum Gasteiger partial charge on any atom is 0.276 e. The van der Waals surface area contributed by atoms with Gasteiger partial charge in [-0.2, -0.15) is 5.10 Å². The van der Waals surface area contributed by atoms with Crippen molar-refractivity contribution < 1.29 is 4.79 Å². The van der Waals surface area contributed by atoms with Crippen molar-refractivity contribution >= 4 is 5.91 Å². The van der Waals surface area contributed by atoms with Gasteiger partial charge in [-0.15, -0.1) is 5.10 Å².